The van der Waals surface area contributed by atoms with Gasteiger partial charge in [0.15, 0.2) is 0 Å². The van der Waals surface area contributed by atoms with E-state index in [2.05, 4.69) is 11.8 Å². The van der Waals surface area contributed by atoms with Crippen molar-refractivity contribution in [2.24, 2.45) is 0 Å². The van der Waals surface area contributed by atoms with E-state index >= 15 is 0 Å². The van der Waals surface area contributed by atoms with Crippen LogP contribution in [0.5, 0.6) is 0 Å². The minimum atomic E-state index is -0.839. The lowest BCUT2D eigenvalue weighted by Crippen LogP contribution is -2.29. The number of thiophene rings is 1. The number of hydrogen-bond acceptors (Lipinski definition) is 4. The predicted molar refractivity (Wildman–Crippen MR) is 66.6 cm³/mol. The second-order valence-corrected chi connectivity index (χ2v) is 5.51. The Balaban J connectivity index is 1.96. The van der Waals surface area contributed by atoms with Gasteiger partial charge in [-0.2, -0.15) is 0 Å². The fourth-order valence-electron chi connectivity index (χ4n) is 2.02. The SMILES string of the molecule is CC1CN(Cc2ccc(C(=O)O)s2)CCCO1. The molecule has 0 spiro atoms. The minimum Gasteiger partial charge on any atom is -0.477 e. The first-order valence-electron chi connectivity index (χ1n) is 5.81. The van der Waals surface area contributed by atoms with Crippen molar-refractivity contribution in [3.05, 3.63) is 21.9 Å². The Morgan fingerprint density at radius 2 is 2.47 bits per heavy atom. The van der Waals surface area contributed by atoms with Crippen LogP contribution in [0, 0.1) is 0 Å². The average Bonchev–Trinajstić information content (AvgIpc) is 2.63. The van der Waals surface area contributed by atoms with E-state index in [4.69, 9.17) is 9.84 Å². The molecule has 2 heterocycles. The average molecular weight is 255 g/mol. The summed E-state index contributed by atoms with van der Waals surface area (Å²) in [4.78, 5) is 14.6. The fraction of sp³-hybridized carbons (Fsp3) is 0.583. The van der Waals surface area contributed by atoms with Crippen LogP contribution in [0.4, 0.5) is 0 Å². The molecule has 1 aliphatic rings. The zero-order chi connectivity index (χ0) is 12.3. The molecular formula is C12H17NO3S. The highest BCUT2D eigenvalue weighted by molar-refractivity contribution is 7.13. The van der Waals surface area contributed by atoms with Crippen LogP contribution in [-0.4, -0.2) is 41.8 Å². The van der Waals surface area contributed by atoms with Crippen LogP contribution in [0.2, 0.25) is 0 Å². The summed E-state index contributed by atoms with van der Waals surface area (Å²) in [7, 11) is 0. The maximum Gasteiger partial charge on any atom is 0.345 e. The van der Waals surface area contributed by atoms with Gasteiger partial charge in [0.2, 0.25) is 0 Å². The second-order valence-electron chi connectivity index (χ2n) is 4.34. The van der Waals surface area contributed by atoms with Crippen molar-refractivity contribution in [3.63, 3.8) is 0 Å². The molecule has 0 aliphatic carbocycles. The summed E-state index contributed by atoms with van der Waals surface area (Å²) in [5.41, 5.74) is 0. The van der Waals surface area contributed by atoms with Crippen molar-refractivity contribution in [3.8, 4) is 0 Å². The Kier molecular flexibility index (Phi) is 4.15. The number of ether oxygens (including phenoxy) is 1. The van der Waals surface area contributed by atoms with E-state index in [1.807, 2.05) is 6.07 Å². The summed E-state index contributed by atoms with van der Waals surface area (Å²) in [6, 6.07) is 3.59. The van der Waals surface area contributed by atoms with Gasteiger partial charge in [0.25, 0.3) is 0 Å². The molecule has 1 aromatic heterocycles. The highest BCUT2D eigenvalue weighted by Crippen LogP contribution is 2.19. The molecular weight excluding hydrogens is 238 g/mol. The van der Waals surface area contributed by atoms with Gasteiger partial charge in [-0.05, 0) is 25.5 Å². The molecule has 1 atom stereocenters. The van der Waals surface area contributed by atoms with E-state index < -0.39 is 5.97 Å². The molecule has 5 heteroatoms. The highest BCUT2D eigenvalue weighted by Gasteiger charge is 2.16. The summed E-state index contributed by atoms with van der Waals surface area (Å²) < 4.78 is 5.58. The highest BCUT2D eigenvalue weighted by atomic mass is 32.1. The Labute approximate surface area is 105 Å². The first kappa shape index (κ1) is 12.5. The van der Waals surface area contributed by atoms with Crippen molar-refractivity contribution in [2.75, 3.05) is 19.7 Å². The minimum absolute atomic E-state index is 0.261. The molecule has 17 heavy (non-hydrogen) atoms. The van der Waals surface area contributed by atoms with Crippen LogP contribution in [0.1, 0.15) is 27.9 Å². The van der Waals surface area contributed by atoms with Crippen LogP contribution in [-0.2, 0) is 11.3 Å². The summed E-state index contributed by atoms with van der Waals surface area (Å²) in [6.07, 6.45) is 1.30. The number of hydrogen-bond donors (Lipinski definition) is 1. The van der Waals surface area contributed by atoms with Gasteiger partial charge in [-0.15, -0.1) is 11.3 Å². The molecule has 1 saturated heterocycles. The van der Waals surface area contributed by atoms with Crippen molar-refractivity contribution >= 4 is 17.3 Å². The molecule has 0 saturated carbocycles. The third kappa shape index (κ3) is 3.52. The fourth-order valence-corrected chi connectivity index (χ4v) is 2.91. The van der Waals surface area contributed by atoms with E-state index in [1.165, 1.54) is 11.3 Å². The van der Waals surface area contributed by atoms with E-state index in [0.29, 0.717) is 4.88 Å². The Morgan fingerprint density at radius 3 is 3.18 bits per heavy atom. The third-order valence-electron chi connectivity index (χ3n) is 2.79. The summed E-state index contributed by atoms with van der Waals surface area (Å²) in [5, 5.41) is 8.87. The van der Waals surface area contributed by atoms with Gasteiger partial charge < -0.3 is 9.84 Å². The third-order valence-corrected chi connectivity index (χ3v) is 3.85. The monoisotopic (exact) mass is 255 g/mol. The lowest BCUT2D eigenvalue weighted by molar-refractivity contribution is 0.0668. The van der Waals surface area contributed by atoms with E-state index in [1.54, 1.807) is 6.07 Å². The van der Waals surface area contributed by atoms with Gasteiger partial charge in [-0.3, -0.25) is 4.90 Å². The molecule has 1 unspecified atom stereocenters. The lowest BCUT2D eigenvalue weighted by atomic mass is 10.3. The van der Waals surface area contributed by atoms with E-state index in [-0.39, 0.29) is 6.10 Å². The molecule has 0 aromatic carbocycles. The Hall–Kier alpha value is -0.910. The summed E-state index contributed by atoms with van der Waals surface area (Å²) in [5.74, 6) is -0.839. The van der Waals surface area contributed by atoms with E-state index in [0.717, 1.165) is 37.5 Å². The summed E-state index contributed by atoms with van der Waals surface area (Å²) in [6.45, 7) is 5.66. The molecule has 0 bridgehead atoms. The van der Waals surface area contributed by atoms with Gasteiger partial charge in [-0.25, -0.2) is 4.79 Å². The van der Waals surface area contributed by atoms with Crippen LogP contribution in [0.15, 0.2) is 12.1 Å². The summed E-state index contributed by atoms with van der Waals surface area (Å²) >= 11 is 1.36. The van der Waals surface area contributed by atoms with Gasteiger partial charge in [0.1, 0.15) is 4.88 Å². The molecule has 4 nitrogen and oxygen atoms in total. The largest absolute Gasteiger partial charge is 0.477 e. The van der Waals surface area contributed by atoms with Crippen molar-refractivity contribution in [2.45, 2.75) is 26.0 Å². The van der Waals surface area contributed by atoms with Gasteiger partial charge >= 0.3 is 5.97 Å². The Bertz CT molecular complexity index is 391. The zero-order valence-electron chi connectivity index (χ0n) is 9.89. The maximum absolute atomic E-state index is 10.8. The van der Waals surface area contributed by atoms with E-state index in [9.17, 15) is 4.79 Å². The molecule has 0 radical (unpaired) electrons. The maximum atomic E-state index is 10.8. The molecule has 94 valence electrons. The first-order chi connectivity index (χ1) is 8.15. The predicted octanol–water partition coefficient (Wildman–Crippen LogP) is 2.06. The van der Waals surface area contributed by atoms with Gasteiger partial charge in [0.05, 0.1) is 6.10 Å². The molecule has 1 N–H and O–H groups in total. The molecule has 2 rings (SSSR count). The number of nitrogens with zero attached hydrogens (tertiary/aromatic N) is 1. The number of rotatable bonds is 3. The number of aromatic carboxylic acids is 1. The first-order valence-corrected chi connectivity index (χ1v) is 6.63. The lowest BCUT2D eigenvalue weighted by Gasteiger charge is -2.20. The van der Waals surface area contributed by atoms with Crippen LogP contribution in [0.3, 0.4) is 0 Å². The van der Waals surface area contributed by atoms with Crippen LogP contribution in [0.25, 0.3) is 0 Å². The Morgan fingerprint density at radius 1 is 1.65 bits per heavy atom. The van der Waals surface area contributed by atoms with Crippen molar-refractivity contribution < 1.29 is 14.6 Å². The molecule has 1 fully saturated rings. The number of carboxylic acid groups (broad SMARTS) is 1. The van der Waals surface area contributed by atoms with Gasteiger partial charge in [-0.1, -0.05) is 0 Å². The number of carbonyl (C=O) groups is 1. The molecule has 1 aromatic rings. The van der Waals surface area contributed by atoms with Gasteiger partial charge in [0, 0.05) is 31.1 Å². The zero-order valence-corrected chi connectivity index (χ0v) is 10.7. The van der Waals surface area contributed by atoms with Crippen molar-refractivity contribution in [1.82, 2.24) is 4.90 Å². The normalized spacial score (nSPS) is 22.3. The molecule has 0 amide bonds. The van der Waals surface area contributed by atoms with Crippen LogP contribution >= 0.6 is 11.3 Å². The van der Waals surface area contributed by atoms with Crippen LogP contribution < -0.4 is 0 Å². The van der Waals surface area contributed by atoms with Crippen molar-refractivity contribution in [1.29, 1.82) is 0 Å². The number of carboxylic acids is 1. The topological polar surface area (TPSA) is 49.8 Å². The smallest absolute Gasteiger partial charge is 0.345 e. The second kappa shape index (κ2) is 5.62. The standard InChI is InChI=1S/C12H17NO3S/c1-9-7-13(5-2-6-16-9)8-10-3-4-11(17-10)12(14)15/h3-4,9H,2,5-8H2,1H3,(H,14,15). The molecule has 1 aliphatic heterocycles. The quantitative estimate of drug-likeness (QED) is 0.898.